The molecule has 11 heteroatoms. The minimum absolute atomic E-state index is 0.0571. The summed E-state index contributed by atoms with van der Waals surface area (Å²) in [5, 5.41) is 6.05. The molecule has 2 fully saturated rings. The molecule has 0 atom stereocenters. The van der Waals surface area contributed by atoms with Crippen molar-refractivity contribution in [2.75, 3.05) is 26.2 Å². The number of nitrogens with zero attached hydrogens (tertiary/aromatic N) is 4. The van der Waals surface area contributed by atoms with Gasteiger partial charge in [0.2, 0.25) is 11.8 Å². The van der Waals surface area contributed by atoms with Gasteiger partial charge in [-0.2, -0.15) is 18.3 Å². The first-order chi connectivity index (χ1) is 16.7. The number of hydrogen-bond acceptors (Lipinski definition) is 4. The number of halogens is 3. The number of amides is 3. The molecular formula is C24H28F3N5O3. The molecule has 1 aromatic carbocycles. The Kier molecular flexibility index (Phi) is 7.42. The minimum Gasteiger partial charge on any atom is -0.352 e. The van der Waals surface area contributed by atoms with Gasteiger partial charge in [0.25, 0.3) is 5.91 Å². The van der Waals surface area contributed by atoms with Crippen molar-refractivity contribution in [1.29, 1.82) is 0 Å². The van der Waals surface area contributed by atoms with Crippen LogP contribution < -0.4 is 5.32 Å². The molecule has 1 N–H and O–H groups in total. The lowest BCUT2D eigenvalue weighted by Gasteiger charge is -2.36. The summed E-state index contributed by atoms with van der Waals surface area (Å²) in [5.41, 5.74) is -1.42. The molecule has 0 bridgehead atoms. The lowest BCUT2D eigenvalue weighted by atomic mass is 10.0. The van der Waals surface area contributed by atoms with Crippen LogP contribution in [0.1, 0.15) is 54.6 Å². The summed E-state index contributed by atoms with van der Waals surface area (Å²) in [6.07, 6.45) is -0.238. The average molecular weight is 492 g/mol. The van der Waals surface area contributed by atoms with Crippen LogP contribution in [-0.2, 0) is 15.8 Å². The summed E-state index contributed by atoms with van der Waals surface area (Å²) in [4.78, 5) is 40.6. The second kappa shape index (κ2) is 10.5. The lowest BCUT2D eigenvalue weighted by molar-refractivity contribution is -0.141. The SMILES string of the molecule is O=C(NCCCC(=O)N1CCC(N2CCCC2=O)CC1)c1cn(-c2ccccc2)nc1C(F)(F)F. The summed E-state index contributed by atoms with van der Waals surface area (Å²) in [6, 6.07) is 8.42. The Morgan fingerprint density at radius 3 is 2.43 bits per heavy atom. The Morgan fingerprint density at radius 1 is 1.09 bits per heavy atom. The number of rotatable bonds is 7. The van der Waals surface area contributed by atoms with E-state index in [1.807, 2.05) is 4.90 Å². The predicted molar refractivity (Wildman–Crippen MR) is 121 cm³/mol. The van der Waals surface area contributed by atoms with Gasteiger partial charge in [0.15, 0.2) is 5.69 Å². The zero-order valence-corrected chi connectivity index (χ0v) is 19.3. The molecule has 35 heavy (non-hydrogen) atoms. The first-order valence-corrected chi connectivity index (χ1v) is 11.8. The third-order valence-corrected chi connectivity index (χ3v) is 6.47. The van der Waals surface area contributed by atoms with Gasteiger partial charge < -0.3 is 15.1 Å². The average Bonchev–Trinajstić information content (AvgIpc) is 3.49. The van der Waals surface area contributed by atoms with Crippen LogP contribution in [0.15, 0.2) is 36.5 Å². The fourth-order valence-electron chi connectivity index (χ4n) is 4.64. The zero-order chi connectivity index (χ0) is 25.0. The first kappa shape index (κ1) is 24.7. The largest absolute Gasteiger partial charge is 0.435 e. The third-order valence-electron chi connectivity index (χ3n) is 6.47. The highest BCUT2D eigenvalue weighted by Crippen LogP contribution is 2.31. The van der Waals surface area contributed by atoms with Crippen LogP contribution in [0.4, 0.5) is 13.2 Å². The van der Waals surface area contributed by atoms with E-state index >= 15 is 0 Å². The molecular weight excluding hydrogens is 463 g/mol. The molecule has 188 valence electrons. The van der Waals surface area contributed by atoms with Crippen molar-refractivity contribution in [3.05, 3.63) is 47.8 Å². The molecule has 8 nitrogen and oxygen atoms in total. The van der Waals surface area contributed by atoms with E-state index in [1.165, 1.54) is 0 Å². The van der Waals surface area contributed by atoms with Gasteiger partial charge >= 0.3 is 6.18 Å². The predicted octanol–water partition coefficient (Wildman–Crippen LogP) is 3.01. The third kappa shape index (κ3) is 5.83. The number of carbonyl (C=O) groups excluding carboxylic acids is 3. The molecule has 2 aromatic rings. The molecule has 0 unspecified atom stereocenters. The van der Waals surface area contributed by atoms with Gasteiger partial charge in [-0.3, -0.25) is 14.4 Å². The van der Waals surface area contributed by atoms with Crippen LogP contribution in [0.2, 0.25) is 0 Å². The van der Waals surface area contributed by atoms with Crippen molar-refractivity contribution in [2.24, 2.45) is 0 Å². The summed E-state index contributed by atoms with van der Waals surface area (Å²) in [7, 11) is 0. The Hall–Kier alpha value is -3.37. The van der Waals surface area contributed by atoms with Crippen molar-refractivity contribution in [2.45, 2.75) is 50.7 Å². The van der Waals surface area contributed by atoms with Crippen LogP contribution in [0.3, 0.4) is 0 Å². The van der Waals surface area contributed by atoms with Gasteiger partial charge in [-0.15, -0.1) is 0 Å². The Morgan fingerprint density at radius 2 is 1.80 bits per heavy atom. The number of nitrogens with one attached hydrogen (secondary N) is 1. The van der Waals surface area contributed by atoms with Crippen molar-refractivity contribution in [1.82, 2.24) is 24.9 Å². The van der Waals surface area contributed by atoms with E-state index < -0.39 is 23.3 Å². The number of hydrogen-bond donors (Lipinski definition) is 1. The molecule has 4 rings (SSSR count). The number of carbonyl (C=O) groups is 3. The standard InChI is InChI=1S/C24H28F3N5O3/c25-24(26,27)22-19(16-32(29-22)18-6-2-1-3-7-18)23(35)28-12-4-8-20(33)30-14-10-17(11-15-30)31-13-5-9-21(31)34/h1-3,6-7,16-17H,4-5,8-15H2,(H,28,35). The van der Waals surface area contributed by atoms with Gasteiger partial charge in [0.1, 0.15) is 0 Å². The minimum atomic E-state index is -4.78. The highest BCUT2D eigenvalue weighted by atomic mass is 19.4. The van der Waals surface area contributed by atoms with E-state index in [-0.39, 0.29) is 30.8 Å². The number of alkyl halides is 3. The van der Waals surface area contributed by atoms with Gasteiger partial charge in [0, 0.05) is 51.3 Å². The topological polar surface area (TPSA) is 87.5 Å². The van der Waals surface area contributed by atoms with Crippen molar-refractivity contribution in [3.63, 3.8) is 0 Å². The van der Waals surface area contributed by atoms with E-state index in [9.17, 15) is 27.6 Å². The molecule has 2 aliphatic rings. The maximum atomic E-state index is 13.5. The highest BCUT2D eigenvalue weighted by Gasteiger charge is 2.39. The molecule has 1 aromatic heterocycles. The lowest BCUT2D eigenvalue weighted by Crippen LogP contribution is -2.47. The summed E-state index contributed by atoms with van der Waals surface area (Å²) >= 11 is 0. The first-order valence-electron chi connectivity index (χ1n) is 11.8. The molecule has 3 amide bonds. The Bertz CT molecular complexity index is 1060. The van der Waals surface area contributed by atoms with Gasteiger partial charge in [0.05, 0.1) is 11.3 Å². The second-order valence-corrected chi connectivity index (χ2v) is 8.83. The summed E-state index contributed by atoms with van der Waals surface area (Å²) < 4.78 is 41.4. The molecule has 0 aliphatic carbocycles. The summed E-state index contributed by atoms with van der Waals surface area (Å²) in [6.45, 7) is 2.01. The van der Waals surface area contributed by atoms with Gasteiger partial charge in [-0.05, 0) is 37.8 Å². The summed E-state index contributed by atoms with van der Waals surface area (Å²) in [5.74, 6) is -0.755. The van der Waals surface area contributed by atoms with E-state index in [1.54, 1.807) is 35.2 Å². The van der Waals surface area contributed by atoms with E-state index in [2.05, 4.69) is 10.4 Å². The maximum Gasteiger partial charge on any atom is 0.435 e. The maximum absolute atomic E-state index is 13.5. The van der Waals surface area contributed by atoms with Crippen LogP contribution >= 0.6 is 0 Å². The van der Waals surface area contributed by atoms with Crippen LogP contribution in [0.25, 0.3) is 5.69 Å². The van der Waals surface area contributed by atoms with Crippen LogP contribution in [-0.4, -0.2) is 69.5 Å². The number of aromatic nitrogens is 2. The molecule has 0 saturated carbocycles. The van der Waals surface area contributed by atoms with Gasteiger partial charge in [-0.25, -0.2) is 4.68 Å². The van der Waals surface area contributed by atoms with E-state index in [0.29, 0.717) is 31.6 Å². The number of likely N-dealkylation sites (tertiary alicyclic amines) is 2. The molecule has 2 aliphatic heterocycles. The molecule has 3 heterocycles. The smallest absolute Gasteiger partial charge is 0.352 e. The number of piperidine rings is 1. The molecule has 2 saturated heterocycles. The fourth-order valence-corrected chi connectivity index (χ4v) is 4.64. The van der Waals surface area contributed by atoms with Crippen molar-refractivity contribution < 1.29 is 27.6 Å². The molecule has 0 radical (unpaired) electrons. The number of benzene rings is 1. The Labute approximate surface area is 201 Å². The van der Waals surface area contributed by atoms with Crippen molar-refractivity contribution >= 4 is 17.7 Å². The van der Waals surface area contributed by atoms with Crippen LogP contribution in [0.5, 0.6) is 0 Å². The van der Waals surface area contributed by atoms with E-state index in [0.717, 1.165) is 36.7 Å². The normalized spacial score (nSPS) is 17.2. The van der Waals surface area contributed by atoms with Crippen molar-refractivity contribution in [3.8, 4) is 5.69 Å². The molecule has 0 spiro atoms. The monoisotopic (exact) mass is 491 g/mol. The Balaban J connectivity index is 1.26. The van der Waals surface area contributed by atoms with Crippen LogP contribution in [0, 0.1) is 0 Å². The number of para-hydroxylation sites is 1. The zero-order valence-electron chi connectivity index (χ0n) is 19.3. The fraction of sp³-hybridized carbons (Fsp3) is 0.500. The quantitative estimate of drug-likeness (QED) is 0.604. The second-order valence-electron chi connectivity index (χ2n) is 8.83. The van der Waals surface area contributed by atoms with E-state index in [4.69, 9.17) is 0 Å². The highest BCUT2D eigenvalue weighted by molar-refractivity contribution is 5.95. The van der Waals surface area contributed by atoms with Gasteiger partial charge in [-0.1, -0.05) is 18.2 Å².